The molecule has 0 saturated heterocycles. The Morgan fingerprint density at radius 2 is 2.03 bits per heavy atom. The summed E-state index contributed by atoms with van der Waals surface area (Å²) in [6, 6.07) is 7.73. The van der Waals surface area contributed by atoms with E-state index in [1.807, 2.05) is 0 Å². The predicted molar refractivity (Wildman–Crippen MR) is 119 cm³/mol. The third kappa shape index (κ3) is 4.69. The van der Waals surface area contributed by atoms with Crippen molar-refractivity contribution in [3.8, 4) is 11.6 Å². The molecule has 1 aliphatic heterocycles. The van der Waals surface area contributed by atoms with Crippen molar-refractivity contribution < 1.29 is 27.2 Å². The molecule has 4 heterocycles. The number of nitrogens with zero attached hydrogens (tertiary/aromatic N) is 4. The normalized spacial score (nSPS) is 13.7. The summed E-state index contributed by atoms with van der Waals surface area (Å²) in [4.78, 5) is 21.3. The van der Waals surface area contributed by atoms with Crippen molar-refractivity contribution in [2.45, 2.75) is 44.9 Å². The molecule has 0 aliphatic carbocycles. The van der Waals surface area contributed by atoms with E-state index in [0.717, 1.165) is 16.6 Å². The van der Waals surface area contributed by atoms with Crippen molar-refractivity contribution in [1.29, 1.82) is 0 Å². The van der Waals surface area contributed by atoms with Gasteiger partial charge in [-0.25, -0.2) is 14.8 Å². The number of hydrogen-bond donors (Lipinski definition) is 2. The van der Waals surface area contributed by atoms with Crippen LogP contribution in [0.25, 0.3) is 10.9 Å². The molecule has 5 rings (SSSR count). The van der Waals surface area contributed by atoms with Gasteiger partial charge in [-0.05, 0) is 24.3 Å². The Kier molecular flexibility index (Phi) is 5.47. The summed E-state index contributed by atoms with van der Waals surface area (Å²) in [5.41, 5.74) is 1.09. The minimum atomic E-state index is -4.36. The Morgan fingerprint density at radius 1 is 1.20 bits per heavy atom. The second-order valence-corrected chi connectivity index (χ2v) is 8.90. The molecule has 0 atom stereocenters. The summed E-state index contributed by atoms with van der Waals surface area (Å²) in [6.07, 6.45) is -2.41. The van der Waals surface area contributed by atoms with Gasteiger partial charge in [-0.2, -0.15) is 13.2 Å². The molecule has 4 aromatic rings. The van der Waals surface area contributed by atoms with E-state index in [4.69, 9.17) is 9.26 Å². The summed E-state index contributed by atoms with van der Waals surface area (Å²) in [6.45, 7) is 4.09. The summed E-state index contributed by atoms with van der Waals surface area (Å²) in [7, 11) is 0. The van der Waals surface area contributed by atoms with Crippen LogP contribution in [0.2, 0.25) is 0 Å². The maximum Gasteiger partial charge on any atom is 0.390 e. The predicted octanol–water partition coefficient (Wildman–Crippen LogP) is 5.13. The van der Waals surface area contributed by atoms with Crippen molar-refractivity contribution in [2.24, 2.45) is 0 Å². The van der Waals surface area contributed by atoms with Crippen molar-refractivity contribution >= 4 is 22.8 Å². The van der Waals surface area contributed by atoms with Gasteiger partial charge in [0, 0.05) is 36.2 Å². The number of carbonyl (C=O) groups is 1. The second-order valence-electron chi connectivity index (χ2n) is 8.90. The van der Waals surface area contributed by atoms with E-state index in [1.54, 1.807) is 30.5 Å². The Hall–Kier alpha value is -3.93. The molecule has 9 nitrogen and oxygen atoms in total. The molecule has 12 heteroatoms. The first kappa shape index (κ1) is 22.8. The molecule has 3 aromatic heterocycles. The van der Waals surface area contributed by atoms with Gasteiger partial charge < -0.3 is 14.6 Å². The number of anilines is 1. The molecule has 1 amide bonds. The largest absolute Gasteiger partial charge is 0.439 e. The Balaban J connectivity index is 1.32. The third-order valence-corrected chi connectivity index (χ3v) is 5.74. The zero-order valence-corrected chi connectivity index (χ0v) is 18.8. The highest BCUT2D eigenvalue weighted by atomic mass is 19.4. The molecule has 0 radical (unpaired) electrons. The topological polar surface area (TPSA) is 107 Å². The van der Waals surface area contributed by atoms with Crippen molar-refractivity contribution in [3.63, 3.8) is 0 Å². The lowest BCUT2D eigenvalue weighted by molar-refractivity contribution is -0.147. The highest BCUT2D eigenvalue weighted by Gasteiger charge is 2.40. The van der Waals surface area contributed by atoms with Crippen LogP contribution in [0.3, 0.4) is 0 Å². The van der Waals surface area contributed by atoms with Crippen LogP contribution in [-0.2, 0) is 18.5 Å². The van der Waals surface area contributed by atoms with Crippen LogP contribution in [0.1, 0.15) is 37.3 Å². The lowest BCUT2D eigenvalue weighted by atomic mass is 9.86. The lowest BCUT2D eigenvalue weighted by Gasteiger charge is -2.22. The summed E-state index contributed by atoms with van der Waals surface area (Å²) < 4.78 is 50.9. The van der Waals surface area contributed by atoms with Crippen LogP contribution >= 0.6 is 0 Å². The number of benzene rings is 1. The first-order chi connectivity index (χ1) is 16.6. The lowest BCUT2D eigenvalue weighted by Crippen LogP contribution is -2.25. The van der Waals surface area contributed by atoms with E-state index in [-0.39, 0.29) is 11.6 Å². The first-order valence-electron chi connectivity index (χ1n) is 10.8. The molecule has 0 spiro atoms. The smallest absolute Gasteiger partial charge is 0.390 e. The van der Waals surface area contributed by atoms with Gasteiger partial charge >= 0.3 is 12.2 Å². The number of amides is 1. The van der Waals surface area contributed by atoms with E-state index in [2.05, 4.69) is 25.8 Å². The maximum absolute atomic E-state index is 12.8. The third-order valence-electron chi connectivity index (χ3n) is 5.74. The van der Waals surface area contributed by atoms with Gasteiger partial charge in [0.25, 0.3) is 0 Å². The van der Waals surface area contributed by atoms with Crippen molar-refractivity contribution in [1.82, 2.24) is 25.0 Å². The van der Waals surface area contributed by atoms with E-state index in [0.29, 0.717) is 30.2 Å². The van der Waals surface area contributed by atoms with E-state index in [1.165, 1.54) is 30.8 Å². The monoisotopic (exact) mass is 486 g/mol. The van der Waals surface area contributed by atoms with Gasteiger partial charge in [0.15, 0.2) is 5.82 Å². The highest BCUT2D eigenvalue weighted by Crippen LogP contribution is 2.37. The maximum atomic E-state index is 12.8. The molecule has 0 bridgehead atoms. The number of fused-ring (bicyclic) bond motifs is 2. The number of aromatic nitrogens is 4. The molecule has 0 fully saturated rings. The minimum absolute atomic E-state index is 0.0216. The van der Waals surface area contributed by atoms with Crippen LogP contribution in [-0.4, -0.2) is 31.9 Å². The number of nitrogens with one attached hydrogen (secondary N) is 2. The van der Waals surface area contributed by atoms with Crippen LogP contribution < -0.4 is 15.4 Å². The van der Waals surface area contributed by atoms with Gasteiger partial charge in [0.05, 0.1) is 23.2 Å². The van der Waals surface area contributed by atoms with Crippen LogP contribution in [0.15, 0.2) is 47.4 Å². The van der Waals surface area contributed by atoms with Gasteiger partial charge in [0.1, 0.15) is 17.8 Å². The number of hydrogen-bond acceptors (Lipinski definition) is 7. The van der Waals surface area contributed by atoms with Crippen LogP contribution in [0.5, 0.6) is 11.6 Å². The molecule has 2 N–H and O–H groups in total. The van der Waals surface area contributed by atoms with Crippen LogP contribution in [0, 0.1) is 0 Å². The van der Waals surface area contributed by atoms with Gasteiger partial charge in [-0.15, -0.1) is 0 Å². The number of carbonyl (C=O) groups excluding carboxylic acids is 1. The molecular formula is C23H21F3N6O3. The van der Waals surface area contributed by atoms with Crippen molar-refractivity contribution in [2.75, 3.05) is 5.32 Å². The second kappa shape index (κ2) is 8.38. The molecule has 0 saturated carbocycles. The van der Waals surface area contributed by atoms with Gasteiger partial charge in [0.2, 0.25) is 5.88 Å². The number of alkyl halides is 3. The fraction of sp³-hybridized carbons (Fsp3) is 0.304. The molecule has 1 aliphatic rings. The molecular weight excluding hydrogens is 465 g/mol. The Labute approximate surface area is 197 Å². The highest BCUT2D eigenvalue weighted by molar-refractivity contribution is 5.98. The molecule has 1 aromatic carbocycles. The average molecular weight is 486 g/mol. The summed E-state index contributed by atoms with van der Waals surface area (Å²) in [5.74, 6) is 1.08. The fourth-order valence-corrected chi connectivity index (χ4v) is 4.04. The summed E-state index contributed by atoms with van der Waals surface area (Å²) in [5, 5.41) is 10.2. The van der Waals surface area contributed by atoms with Gasteiger partial charge in [-0.1, -0.05) is 19.0 Å². The zero-order valence-electron chi connectivity index (χ0n) is 18.8. The zero-order chi connectivity index (χ0) is 24.8. The van der Waals surface area contributed by atoms with E-state index in [9.17, 15) is 18.0 Å². The van der Waals surface area contributed by atoms with E-state index < -0.39 is 24.0 Å². The number of halogens is 3. The van der Waals surface area contributed by atoms with Gasteiger partial charge in [-0.3, -0.25) is 9.88 Å². The first-order valence-corrected chi connectivity index (χ1v) is 10.8. The molecule has 35 heavy (non-hydrogen) atoms. The fourth-order valence-electron chi connectivity index (χ4n) is 4.04. The molecule has 182 valence electrons. The minimum Gasteiger partial charge on any atom is -0.439 e. The average Bonchev–Trinajstić information content (AvgIpc) is 3.51. The van der Waals surface area contributed by atoms with Crippen LogP contribution in [0.4, 0.5) is 23.8 Å². The van der Waals surface area contributed by atoms with E-state index >= 15 is 0 Å². The number of ether oxygens (including phenoxy) is 1. The van der Waals surface area contributed by atoms with Crippen molar-refractivity contribution in [3.05, 3.63) is 59.9 Å². The quantitative estimate of drug-likeness (QED) is 0.403. The summed E-state index contributed by atoms with van der Waals surface area (Å²) >= 11 is 0. The Bertz CT molecular complexity index is 1410. The Morgan fingerprint density at radius 3 is 2.83 bits per heavy atom. The number of rotatable bonds is 5. The SMILES string of the molecule is CC(C)(CC(F)(F)F)c1cc(NC(=O)n2ccc3cc(Oc4ncnc5c4CNC5)ccc32)no1. The molecule has 0 unspecified atom stereocenters. The standard InChI is InChI=1S/C23H21F3N6O3/c1-22(2,11-23(24,25)26)18-8-19(31-35-18)30-21(33)32-6-5-13-7-14(3-4-17(13)32)34-20-15-9-27-10-16(15)28-12-29-20/h3-8,12,27H,9-11H2,1-2H3,(H,30,31,33).